The van der Waals surface area contributed by atoms with Crippen molar-refractivity contribution in [3.8, 4) is 22.4 Å². The Hall–Kier alpha value is -4.42. The lowest BCUT2D eigenvalue weighted by atomic mass is 9.99. The number of urea groups is 1. The number of nitrogens with two attached hydrogens (primary N) is 1. The highest BCUT2D eigenvalue weighted by Gasteiger charge is 2.16. The molecular formula is C37H47Cl2N7O4. The number of hydrogen-bond donors (Lipinski definition) is 5. The summed E-state index contributed by atoms with van der Waals surface area (Å²) in [4.78, 5) is 40.6. The normalized spacial score (nSPS) is 12.0. The average Bonchev–Trinajstić information content (AvgIpc) is 3.12. The molecule has 0 unspecified atom stereocenters. The maximum absolute atomic E-state index is 13.0. The third-order valence-corrected chi connectivity index (χ3v) is 8.55. The molecule has 3 amide bonds. The summed E-state index contributed by atoms with van der Waals surface area (Å²) in [7, 11) is 2.02. The molecule has 6 N–H and O–H groups in total. The average molecular weight is 725 g/mol. The number of likely N-dealkylation sites (N-methyl/N-ethyl adjacent to an activating group) is 1. The molecule has 1 heterocycles. The van der Waals surface area contributed by atoms with Gasteiger partial charge in [0.15, 0.2) is 0 Å². The number of nitrogens with zero attached hydrogens (tertiary/aromatic N) is 3. The molecule has 13 heteroatoms. The zero-order valence-electron chi connectivity index (χ0n) is 28.7. The molecule has 1 aromatic heterocycles. The summed E-state index contributed by atoms with van der Waals surface area (Å²) in [5, 5.41) is 21.6. The van der Waals surface area contributed by atoms with Crippen LogP contribution in [0.25, 0.3) is 22.4 Å². The van der Waals surface area contributed by atoms with Crippen molar-refractivity contribution in [1.82, 2.24) is 25.3 Å². The molecule has 2 aromatic carbocycles. The van der Waals surface area contributed by atoms with Crippen molar-refractivity contribution in [3.63, 3.8) is 0 Å². The van der Waals surface area contributed by atoms with E-state index in [1.807, 2.05) is 55.6 Å². The van der Waals surface area contributed by atoms with E-state index in [2.05, 4.69) is 32.5 Å². The van der Waals surface area contributed by atoms with Gasteiger partial charge < -0.3 is 31.7 Å². The number of allylic oxidation sites excluding steroid dienone is 3. The van der Waals surface area contributed by atoms with Gasteiger partial charge in [0.25, 0.3) is 5.56 Å². The lowest BCUT2D eigenvalue weighted by Gasteiger charge is -2.14. The molecule has 3 rings (SSSR count). The number of benzene rings is 2. The SMILES string of the molecule is C=C/C(Cl)=C(NC(=O)Nc1cc(-c2cccc(-c3ccc(CC(=O)NCCCCCCCN(C)CCO)cc3)c2)nn(CC)c1=O)\C(Cl)=C/N. The van der Waals surface area contributed by atoms with Crippen LogP contribution in [0.4, 0.5) is 10.5 Å². The second-order valence-electron chi connectivity index (χ2n) is 11.7. The van der Waals surface area contributed by atoms with Crippen molar-refractivity contribution in [1.29, 1.82) is 0 Å². The quantitative estimate of drug-likeness (QED) is 0.0759. The molecule has 0 spiro atoms. The van der Waals surface area contributed by atoms with Crippen LogP contribution in [0.5, 0.6) is 0 Å². The maximum Gasteiger partial charge on any atom is 0.323 e. The zero-order valence-corrected chi connectivity index (χ0v) is 30.2. The van der Waals surface area contributed by atoms with E-state index in [1.54, 1.807) is 6.92 Å². The van der Waals surface area contributed by atoms with Crippen molar-refractivity contribution in [3.05, 3.63) is 105 Å². The van der Waals surface area contributed by atoms with Crippen LogP contribution in [0.2, 0.25) is 0 Å². The molecule has 0 aliphatic heterocycles. The Bertz CT molecular complexity index is 1720. The van der Waals surface area contributed by atoms with E-state index in [4.69, 9.17) is 34.0 Å². The number of aliphatic hydroxyl groups is 1. The molecule has 0 aliphatic rings. The zero-order chi connectivity index (χ0) is 36.5. The first kappa shape index (κ1) is 40.0. The Balaban J connectivity index is 1.62. The highest BCUT2D eigenvalue weighted by atomic mass is 35.5. The molecule has 0 radical (unpaired) electrons. The van der Waals surface area contributed by atoms with Crippen LogP contribution in [0, 0.1) is 0 Å². The topological polar surface area (TPSA) is 155 Å². The van der Waals surface area contributed by atoms with Crippen molar-refractivity contribution >= 4 is 40.8 Å². The van der Waals surface area contributed by atoms with E-state index in [1.165, 1.54) is 16.8 Å². The van der Waals surface area contributed by atoms with Gasteiger partial charge in [-0.3, -0.25) is 9.59 Å². The number of unbranched alkanes of at least 4 members (excludes halogenated alkanes) is 4. The van der Waals surface area contributed by atoms with E-state index in [-0.39, 0.29) is 40.5 Å². The van der Waals surface area contributed by atoms with Gasteiger partial charge in [0.1, 0.15) is 5.69 Å². The summed E-state index contributed by atoms with van der Waals surface area (Å²) in [5.74, 6) is -0.00409. The summed E-state index contributed by atoms with van der Waals surface area (Å²) in [6, 6.07) is 16.2. The fraction of sp³-hybridized carbons (Fsp3) is 0.351. The smallest absolute Gasteiger partial charge is 0.323 e. The molecule has 0 aliphatic carbocycles. The fourth-order valence-electron chi connectivity index (χ4n) is 5.14. The van der Waals surface area contributed by atoms with Gasteiger partial charge in [-0.2, -0.15) is 5.10 Å². The molecule has 0 fully saturated rings. The van der Waals surface area contributed by atoms with Crippen molar-refractivity contribution in [2.75, 3.05) is 38.6 Å². The number of rotatable bonds is 19. The van der Waals surface area contributed by atoms with E-state index < -0.39 is 11.6 Å². The number of nitrogens with one attached hydrogen (secondary N) is 3. The van der Waals surface area contributed by atoms with E-state index >= 15 is 0 Å². The highest BCUT2D eigenvalue weighted by molar-refractivity contribution is 6.36. The highest BCUT2D eigenvalue weighted by Crippen LogP contribution is 2.27. The number of halogens is 2. The first-order valence-electron chi connectivity index (χ1n) is 16.7. The lowest BCUT2D eigenvalue weighted by Crippen LogP contribution is -2.33. The number of carbonyl (C=O) groups excluding carboxylic acids is 2. The summed E-state index contributed by atoms with van der Waals surface area (Å²) in [6.45, 7) is 8.18. The van der Waals surface area contributed by atoms with E-state index in [0.29, 0.717) is 25.2 Å². The standard InChI is InChI=1S/C37H47Cl2N7O4/c1-4-30(38)35(31(39)25-40)43-37(50)42-33-24-32(44-46(5-2)36(33)49)29-13-11-12-28(23-29)27-16-14-26(15-17-27)22-34(48)41-18-9-7-6-8-10-19-45(3)20-21-47/h4,11-17,23-25,47H,1,5-10,18-22,40H2,2-3H3,(H,41,48)(H2,42,43,50)/b31-25+,35-30-. The Labute approximate surface area is 303 Å². The van der Waals surface area contributed by atoms with Gasteiger partial charge in [-0.1, -0.05) is 91.5 Å². The largest absolute Gasteiger partial charge is 0.403 e. The predicted molar refractivity (Wildman–Crippen MR) is 203 cm³/mol. The minimum Gasteiger partial charge on any atom is -0.403 e. The van der Waals surface area contributed by atoms with Gasteiger partial charge in [-0.05, 0) is 68.3 Å². The second-order valence-corrected chi connectivity index (χ2v) is 12.5. The van der Waals surface area contributed by atoms with Crippen LogP contribution in [0.1, 0.15) is 44.6 Å². The first-order valence-corrected chi connectivity index (χ1v) is 17.4. The maximum atomic E-state index is 13.0. The summed E-state index contributed by atoms with van der Waals surface area (Å²) < 4.78 is 1.26. The number of carbonyl (C=O) groups is 2. The van der Waals surface area contributed by atoms with Crippen LogP contribution in [-0.4, -0.2) is 65.0 Å². The first-order chi connectivity index (χ1) is 24.1. The van der Waals surface area contributed by atoms with Crippen LogP contribution >= 0.6 is 23.2 Å². The van der Waals surface area contributed by atoms with Gasteiger partial charge in [0.2, 0.25) is 5.91 Å². The summed E-state index contributed by atoms with van der Waals surface area (Å²) in [6.07, 6.45) is 8.09. The molecule has 50 heavy (non-hydrogen) atoms. The Morgan fingerprint density at radius 3 is 2.38 bits per heavy atom. The van der Waals surface area contributed by atoms with Gasteiger partial charge in [0, 0.05) is 31.4 Å². The van der Waals surface area contributed by atoms with Crippen LogP contribution < -0.4 is 27.2 Å². The second kappa shape index (κ2) is 20.9. The van der Waals surface area contributed by atoms with Crippen molar-refractivity contribution in [2.45, 2.75) is 52.0 Å². The predicted octanol–water partition coefficient (Wildman–Crippen LogP) is 5.93. The molecule has 3 aromatic rings. The van der Waals surface area contributed by atoms with Crippen molar-refractivity contribution in [2.24, 2.45) is 5.73 Å². The molecule has 11 nitrogen and oxygen atoms in total. The molecule has 0 atom stereocenters. The van der Waals surface area contributed by atoms with Crippen LogP contribution in [-0.2, 0) is 17.8 Å². The minimum absolute atomic E-state index is 0.00245. The number of hydrogen-bond acceptors (Lipinski definition) is 7. The fourth-order valence-corrected chi connectivity index (χ4v) is 5.49. The van der Waals surface area contributed by atoms with Gasteiger partial charge in [-0.15, -0.1) is 0 Å². The molecule has 0 saturated heterocycles. The number of anilines is 1. The molecule has 268 valence electrons. The molecule has 0 bridgehead atoms. The van der Waals surface area contributed by atoms with Gasteiger partial charge in [-0.25, -0.2) is 9.48 Å². The van der Waals surface area contributed by atoms with E-state index in [0.717, 1.165) is 67.1 Å². The van der Waals surface area contributed by atoms with Gasteiger partial charge in [0.05, 0.1) is 34.5 Å². The van der Waals surface area contributed by atoms with Crippen LogP contribution in [0.3, 0.4) is 0 Å². The number of amides is 3. The third kappa shape index (κ3) is 12.5. The minimum atomic E-state index is -0.759. The Morgan fingerprint density at radius 2 is 1.70 bits per heavy atom. The molecule has 0 saturated carbocycles. The number of aromatic nitrogens is 2. The Morgan fingerprint density at radius 1 is 1.00 bits per heavy atom. The number of aryl methyl sites for hydroxylation is 1. The summed E-state index contributed by atoms with van der Waals surface area (Å²) >= 11 is 12.2. The number of aliphatic hydroxyl groups excluding tert-OH is 1. The summed E-state index contributed by atoms with van der Waals surface area (Å²) in [5.41, 5.74) is 9.02. The van der Waals surface area contributed by atoms with Gasteiger partial charge >= 0.3 is 6.03 Å². The lowest BCUT2D eigenvalue weighted by molar-refractivity contribution is -0.120. The molecular weight excluding hydrogens is 677 g/mol. The Kier molecular flexibility index (Phi) is 16.8. The van der Waals surface area contributed by atoms with Crippen molar-refractivity contribution < 1.29 is 14.7 Å². The van der Waals surface area contributed by atoms with Crippen LogP contribution in [0.15, 0.2) is 94.0 Å². The monoisotopic (exact) mass is 723 g/mol. The van der Waals surface area contributed by atoms with E-state index in [9.17, 15) is 14.4 Å². The third-order valence-electron chi connectivity index (χ3n) is 7.89.